The van der Waals surface area contributed by atoms with Crippen molar-refractivity contribution in [2.45, 2.75) is 58.8 Å². The van der Waals surface area contributed by atoms with Crippen LogP contribution in [0.5, 0.6) is 0 Å². The van der Waals surface area contributed by atoms with E-state index < -0.39 is 0 Å². The van der Waals surface area contributed by atoms with Crippen molar-refractivity contribution in [1.29, 1.82) is 0 Å². The van der Waals surface area contributed by atoms with E-state index in [1.165, 1.54) is 56.1 Å². The summed E-state index contributed by atoms with van der Waals surface area (Å²) in [6.07, 6.45) is 9.48. The normalized spacial score (nSPS) is 19.1. The van der Waals surface area contributed by atoms with Crippen LogP contribution in [-0.2, 0) is 0 Å². The van der Waals surface area contributed by atoms with Crippen molar-refractivity contribution in [1.82, 2.24) is 0 Å². The molecular formula is C15H26. The Morgan fingerprint density at radius 1 is 1.27 bits per heavy atom. The first kappa shape index (κ1) is 12.5. The highest BCUT2D eigenvalue weighted by molar-refractivity contribution is 5.00. The van der Waals surface area contributed by atoms with Gasteiger partial charge in [-0.3, -0.25) is 0 Å². The van der Waals surface area contributed by atoms with E-state index in [2.05, 4.69) is 27.0 Å². The molecule has 1 atom stereocenters. The zero-order valence-electron chi connectivity index (χ0n) is 10.5. The monoisotopic (exact) mass is 206 g/mol. The molecule has 0 bridgehead atoms. The molecule has 0 N–H and O–H groups in total. The van der Waals surface area contributed by atoms with Crippen molar-refractivity contribution >= 4 is 0 Å². The molecule has 0 spiro atoms. The molecule has 86 valence electrons. The fraction of sp³-hybridized carbons (Fsp3) is 0.733. The SMILES string of the molecule is C=C(CCC(C)C(=C)C)CC1CCCC1. The Bertz CT molecular complexity index is 218. The minimum atomic E-state index is 0.658. The maximum Gasteiger partial charge on any atom is -0.0234 e. The number of rotatable bonds is 6. The predicted molar refractivity (Wildman–Crippen MR) is 68.9 cm³/mol. The molecule has 0 heterocycles. The van der Waals surface area contributed by atoms with E-state index in [1.807, 2.05) is 0 Å². The maximum atomic E-state index is 4.22. The molecule has 0 aliphatic heterocycles. The van der Waals surface area contributed by atoms with E-state index in [-0.39, 0.29) is 0 Å². The third-order valence-corrected chi connectivity index (χ3v) is 3.82. The highest BCUT2D eigenvalue weighted by atomic mass is 14.2. The molecule has 1 unspecified atom stereocenters. The van der Waals surface area contributed by atoms with Crippen molar-refractivity contribution in [2.24, 2.45) is 11.8 Å². The molecule has 15 heavy (non-hydrogen) atoms. The van der Waals surface area contributed by atoms with E-state index in [0.717, 1.165) is 5.92 Å². The van der Waals surface area contributed by atoms with E-state index in [9.17, 15) is 0 Å². The van der Waals surface area contributed by atoms with Crippen LogP contribution in [0.25, 0.3) is 0 Å². The van der Waals surface area contributed by atoms with Gasteiger partial charge in [-0.25, -0.2) is 0 Å². The second-order valence-electron chi connectivity index (χ2n) is 5.39. The molecule has 1 saturated carbocycles. The van der Waals surface area contributed by atoms with Crippen LogP contribution in [0.2, 0.25) is 0 Å². The van der Waals surface area contributed by atoms with Gasteiger partial charge in [0.25, 0.3) is 0 Å². The Morgan fingerprint density at radius 3 is 2.40 bits per heavy atom. The van der Waals surface area contributed by atoms with Crippen LogP contribution in [0.4, 0.5) is 0 Å². The Balaban J connectivity index is 2.15. The van der Waals surface area contributed by atoms with Gasteiger partial charge in [-0.05, 0) is 38.0 Å². The molecule has 1 aliphatic carbocycles. The van der Waals surface area contributed by atoms with Gasteiger partial charge >= 0.3 is 0 Å². The smallest absolute Gasteiger partial charge is 0.0234 e. The summed E-state index contributed by atoms with van der Waals surface area (Å²) in [4.78, 5) is 0. The molecule has 0 aromatic rings. The van der Waals surface area contributed by atoms with Gasteiger partial charge in [-0.1, -0.05) is 56.9 Å². The molecule has 1 rings (SSSR count). The highest BCUT2D eigenvalue weighted by Crippen LogP contribution is 2.31. The maximum absolute atomic E-state index is 4.22. The van der Waals surface area contributed by atoms with Crippen molar-refractivity contribution in [2.75, 3.05) is 0 Å². The lowest BCUT2D eigenvalue weighted by Gasteiger charge is -2.14. The quantitative estimate of drug-likeness (QED) is 0.529. The number of hydrogen-bond acceptors (Lipinski definition) is 0. The summed E-state index contributed by atoms with van der Waals surface area (Å²) < 4.78 is 0. The molecule has 0 amide bonds. The molecule has 0 nitrogen and oxygen atoms in total. The van der Waals surface area contributed by atoms with E-state index in [1.54, 1.807) is 0 Å². The van der Waals surface area contributed by atoms with Crippen molar-refractivity contribution in [3.05, 3.63) is 24.3 Å². The largest absolute Gasteiger partial charge is 0.0999 e. The van der Waals surface area contributed by atoms with Crippen molar-refractivity contribution < 1.29 is 0 Å². The van der Waals surface area contributed by atoms with Gasteiger partial charge in [0.05, 0.1) is 0 Å². The van der Waals surface area contributed by atoms with Gasteiger partial charge in [-0.15, -0.1) is 0 Å². The van der Waals surface area contributed by atoms with Crippen LogP contribution in [-0.4, -0.2) is 0 Å². The van der Waals surface area contributed by atoms with Crippen LogP contribution in [0.1, 0.15) is 58.8 Å². The first-order chi connectivity index (χ1) is 7.09. The van der Waals surface area contributed by atoms with Gasteiger partial charge in [0.1, 0.15) is 0 Å². The van der Waals surface area contributed by atoms with Crippen LogP contribution < -0.4 is 0 Å². The number of hydrogen-bond donors (Lipinski definition) is 0. The molecule has 0 radical (unpaired) electrons. The lowest BCUT2D eigenvalue weighted by Crippen LogP contribution is -1.99. The molecule has 0 heteroatoms. The first-order valence-electron chi connectivity index (χ1n) is 6.41. The lowest BCUT2D eigenvalue weighted by atomic mass is 9.91. The fourth-order valence-corrected chi connectivity index (χ4v) is 2.39. The number of allylic oxidation sites excluding steroid dienone is 2. The summed E-state index contributed by atoms with van der Waals surface area (Å²) >= 11 is 0. The minimum absolute atomic E-state index is 0.658. The van der Waals surface area contributed by atoms with Gasteiger partial charge in [0.2, 0.25) is 0 Å². The molecular weight excluding hydrogens is 180 g/mol. The highest BCUT2D eigenvalue weighted by Gasteiger charge is 2.15. The summed E-state index contributed by atoms with van der Waals surface area (Å²) in [5, 5.41) is 0. The Kier molecular flexibility index (Phi) is 5.14. The molecule has 0 aromatic heterocycles. The van der Waals surface area contributed by atoms with Crippen LogP contribution in [0, 0.1) is 11.8 Å². The minimum Gasteiger partial charge on any atom is -0.0999 e. The Morgan fingerprint density at radius 2 is 1.87 bits per heavy atom. The summed E-state index contributed by atoms with van der Waals surface area (Å²) in [6, 6.07) is 0. The molecule has 1 fully saturated rings. The zero-order chi connectivity index (χ0) is 11.3. The van der Waals surface area contributed by atoms with E-state index in [0.29, 0.717) is 5.92 Å². The molecule has 0 saturated heterocycles. The molecule has 1 aliphatic rings. The Hall–Kier alpha value is -0.520. The zero-order valence-corrected chi connectivity index (χ0v) is 10.5. The van der Waals surface area contributed by atoms with Gasteiger partial charge in [0, 0.05) is 0 Å². The second-order valence-corrected chi connectivity index (χ2v) is 5.39. The van der Waals surface area contributed by atoms with Gasteiger partial charge in [-0.2, -0.15) is 0 Å². The fourth-order valence-electron chi connectivity index (χ4n) is 2.39. The van der Waals surface area contributed by atoms with Crippen LogP contribution >= 0.6 is 0 Å². The third kappa shape index (κ3) is 4.68. The average Bonchev–Trinajstić information content (AvgIpc) is 2.66. The standard InChI is InChI=1S/C15H26/c1-12(2)14(4)10-9-13(3)11-15-7-5-6-8-15/h14-15H,1,3,5-11H2,2,4H3. The third-order valence-electron chi connectivity index (χ3n) is 3.82. The predicted octanol–water partition coefficient (Wildman–Crippen LogP) is 5.12. The first-order valence-corrected chi connectivity index (χ1v) is 6.41. The van der Waals surface area contributed by atoms with Crippen LogP contribution in [0.3, 0.4) is 0 Å². The average molecular weight is 206 g/mol. The molecule has 0 aromatic carbocycles. The topological polar surface area (TPSA) is 0 Å². The van der Waals surface area contributed by atoms with Crippen molar-refractivity contribution in [3.8, 4) is 0 Å². The lowest BCUT2D eigenvalue weighted by molar-refractivity contribution is 0.519. The van der Waals surface area contributed by atoms with Gasteiger partial charge in [0.15, 0.2) is 0 Å². The van der Waals surface area contributed by atoms with E-state index >= 15 is 0 Å². The summed E-state index contributed by atoms with van der Waals surface area (Å²) in [7, 11) is 0. The summed E-state index contributed by atoms with van der Waals surface area (Å²) in [5.74, 6) is 1.61. The summed E-state index contributed by atoms with van der Waals surface area (Å²) in [6.45, 7) is 12.6. The van der Waals surface area contributed by atoms with E-state index in [4.69, 9.17) is 0 Å². The van der Waals surface area contributed by atoms with Crippen LogP contribution in [0.15, 0.2) is 24.3 Å². The van der Waals surface area contributed by atoms with Crippen molar-refractivity contribution in [3.63, 3.8) is 0 Å². The van der Waals surface area contributed by atoms with Gasteiger partial charge < -0.3 is 0 Å². The second kappa shape index (κ2) is 6.15. The summed E-state index contributed by atoms with van der Waals surface area (Å²) in [5.41, 5.74) is 2.78. The Labute approximate surface area is 95.5 Å².